The highest BCUT2D eigenvalue weighted by Crippen LogP contribution is 2.44. The SMILES string of the molecule is CCC(=CC=CC(O)(C(F)(F)F)C(F)(F)F)c1cccc(CCc2ccc(C(C)(C)O[SiH2]C(C)(C)C)c(C(C)(C)O[SiH2]C(C)(C)C)c2)c1. The zero-order valence-electron chi connectivity index (χ0n) is 30.3. The summed E-state index contributed by atoms with van der Waals surface area (Å²) in [5, 5.41) is 9.69. The summed E-state index contributed by atoms with van der Waals surface area (Å²) in [4.78, 5) is 0. The van der Waals surface area contributed by atoms with Crippen LogP contribution in [0.15, 0.2) is 60.7 Å². The predicted molar refractivity (Wildman–Crippen MR) is 189 cm³/mol. The number of aryl methyl sites for hydroxylation is 2. The largest absolute Gasteiger partial charge is 0.430 e. The third-order valence-electron chi connectivity index (χ3n) is 7.99. The molecule has 3 nitrogen and oxygen atoms in total. The molecule has 0 aromatic heterocycles. The second-order valence-corrected chi connectivity index (χ2v) is 21.4. The van der Waals surface area contributed by atoms with E-state index < -0.39 is 48.7 Å². The van der Waals surface area contributed by atoms with Gasteiger partial charge in [0.2, 0.25) is 0 Å². The molecule has 1 N–H and O–H groups in total. The van der Waals surface area contributed by atoms with Gasteiger partial charge >= 0.3 is 12.4 Å². The molecule has 270 valence electrons. The van der Waals surface area contributed by atoms with Gasteiger partial charge in [0.05, 0.1) is 11.2 Å². The highest BCUT2D eigenvalue weighted by Gasteiger charge is 2.68. The Morgan fingerprint density at radius 3 is 1.62 bits per heavy atom. The monoisotopic (exact) mass is 716 g/mol. The lowest BCUT2D eigenvalue weighted by Crippen LogP contribution is -2.55. The van der Waals surface area contributed by atoms with Crippen LogP contribution in [0.4, 0.5) is 26.3 Å². The van der Waals surface area contributed by atoms with Gasteiger partial charge in [0, 0.05) is 0 Å². The van der Waals surface area contributed by atoms with Gasteiger partial charge < -0.3 is 14.0 Å². The number of hydrogen-bond acceptors (Lipinski definition) is 3. The lowest BCUT2D eigenvalue weighted by Gasteiger charge is -2.38. The summed E-state index contributed by atoms with van der Waals surface area (Å²) >= 11 is 0. The van der Waals surface area contributed by atoms with Crippen LogP contribution in [0, 0.1) is 0 Å². The number of halogens is 6. The van der Waals surface area contributed by atoms with Crippen LogP contribution in [0.25, 0.3) is 5.57 Å². The number of hydrogen-bond donors (Lipinski definition) is 1. The number of benzene rings is 2. The number of alkyl halides is 6. The summed E-state index contributed by atoms with van der Waals surface area (Å²) in [5.41, 5.74) is -0.465. The van der Waals surface area contributed by atoms with Crippen LogP contribution in [0.2, 0.25) is 10.1 Å². The van der Waals surface area contributed by atoms with Crippen molar-refractivity contribution in [1.29, 1.82) is 0 Å². The lowest BCUT2D eigenvalue weighted by molar-refractivity contribution is -0.347. The summed E-state index contributed by atoms with van der Waals surface area (Å²) in [7, 11) is -1.71. The lowest BCUT2D eigenvalue weighted by atomic mass is 9.84. The third kappa shape index (κ3) is 11.7. The molecule has 48 heavy (non-hydrogen) atoms. The molecule has 11 heteroatoms. The van der Waals surface area contributed by atoms with Crippen LogP contribution in [0.5, 0.6) is 0 Å². The van der Waals surface area contributed by atoms with E-state index in [0.29, 0.717) is 36.5 Å². The Labute approximate surface area is 288 Å². The van der Waals surface area contributed by atoms with Crippen molar-refractivity contribution in [1.82, 2.24) is 0 Å². The van der Waals surface area contributed by atoms with Crippen molar-refractivity contribution >= 4 is 25.1 Å². The van der Waals surface area contributed by atoms with Crippen LogP contribution in [-0.2, 0) is 32.9 Å². The maximum atomic E-state index is 13.1. The second-order valence-electron chi connectivity index (χ2n) is 16.0. The molecule has 2 rings (SSSR count). The molecule has 0 aliphatic rings. The first-order chi connectivity index (χ1) is 21.6. The molecule has 0 heterocycles. The average molecular weight is 717 g/mol. The minimum Gasteiger partial charge on any atom is -0.415 e. The molecular formula is C37H54F6O3Si2. The van der Waals surface area contributed by atoms with Crippen molar-refractivity contribution in [3.8, 4) is 0 Å². The minimum atomic E-state index is -5.91. The third-order valence-corrected chi connectivity index (χ3v) is 11.5. The number of rotatable bonds is 13. The van der Waals surface area contributed by atoms with E-state index in [-0.39, 0.29) is 16.2 Å². The Morgan fingerprint density at radius 1 is 0.688 bits per heavy atom. The second kappa shape index (κ2) is 15.4. The van der Waals surface area contributed by atoms with Crippen molar-refractivity contribution in [3.63, 3.8) is 0 Å². The maximum absolute atomic E-state index is 13.1. The summed E-state index contributed by atoms with van der Waals surface area (Å²) in [6.45, 7) is 23.4. The zero-order valence-corrected chi connectivity index (χ0v) is 33.2. The molecule has 0 aliphatic carbocycles. The molecule has 2 aromatic rings. The van der Waals surface area contributed by atoms with Crippen molar-refractivity contribution in [2.45, 2.75) is 135 Å². The molecular weight excluding hydrogens is 663 g/mol. The molecule has 0 saturated carbocycles. The minimum absolute atomic E-state index is 0.116. The van der Waals surface area contributed by atoms with E-state index in [4.69, 9.17) is 8.85 Å². The van der Waals surface area contributed by atoms with Crippen LogP contribution in [0.3, 0.4) is 0 Å². The predicted octanol–water partition coefficient (Wildman–Crippen LogP) is 9.78. The van der Waals surface area contributed by atoms with Gasteiger partial charge in [0.1, 0.15) is 0 Å². The van der Waals surface area contributed by atoms with Gasteiger partial charge in [-0.3, -0.25) is 0 Å². The van der Waals surface area contributed by atoms with E-state index in [0.717, 1.165) is 22.3 Å². The van der Waals surface area contributed by atoms with Crippen LogP contribution in [0.1, 0.15) is 110 Å². The van der Waals surface area contributed by atoms with E-state index in [1.165, 1.54) is 6.08 Å². The first-order valence-electron chi connectivity index (χ1n) is 16.4. The van der Waals surface area contributed by atoms with E-state index in [2.05, 4.69) is 87.4 Å². The van der Waals surface area contributed by atoms with Gasteiger partial charge in [-0.2, -0.15) is 26.3 Å². The Kier molecular flexibility index (Phi) is 13.4. The van der Waals surface area contributed by atoms with E-state index in [9.17, 15) is 31.4 Å². The Bertz CT molecular complexity index is 1410. The Balaban J connectivity index is 2.41. The molecule has 0 radical (unpaired) electrons. The normalized spacial score (nSPS) is 15.2. The highest BCUT2D eigenvalue weighted by atomic mass is 28.2. The smallest absolute Gasteiger partial charge is 0.415 e. The summed E-state index contributed by atoms with van der Waals surface area (Å²) in [6, 6.07) is 13.9. The first-order valence-corrected chi connectivity index (χ1v) is 18.9. The molecule has 0 unspecified atom stereocenters. The summed E-state index contributed by atoms with van der Waals surface area (Å²) in [5.74, 6) is 0. The average Bonchev–Trinajstić information content (AvgIpc) is 2.94. The fourth-order valence-corrected chi connectivity index (χ4v) is 6.90. The molecule has 0 atom stereocenters. The number of allylic oxidation sites excluding steroid dienone is 3. The van der Waals surface area contributed by atoms with E-state index in [1.54, 1.807) is 13.0 Å². The molecule has 2 aromatic carbocycles. The molecule has 0 fully saturated rings. The van der Waals surface area contributed by atoms with E-state index in [1.807, 2.05) is 18.2 Å². The van der Waals surface area contributed by atoms with Gasteiger partial charge in [0.25, 0.3) is 5.60 Å². The Morgan fingerprint density at radius 2 is 1.17 bits per heavy atom. The van der Waals surface area contributed by atoms with Gasteiger partial charge in [-0.15, -0.1) is 0 Å². The Hall–Kier alpha value is -2.19. The molecule has 0 bridgehead atoms. The van der Waals surface area contributed by atoms with Gasteiger partial charge in [-0.1, -0.05) is 103 Å². The van der Waals surface area contributed by atoms with E-state index >= 15 is 0 Å². The molecule has 0 aliphatic heterocycles. The quantitative estimate of drug-likeness (QED) is 0.128. The molecule has 0 spiro atoms. The highest BCUT2D eigenvalue weighted by molar-refractivity contribution is 6.32. The van der Waals surface area contributed by atoms with Crippen molar-refractivity contribution in [2.75, 3.05) is 0 Å². The van der Waals surface area contributed by atoms with Crippen molar-refractivity contribution in [3.05, 3.63) is 88.5 Å². The standard InChI is InChI=1S/C37H54F6O3Si2/c1-12-27(17-14-22-35(44,36(38,39)40)37(41,42)43)28-16-13-15-25(23-28)18-19-26-20-21-29(33(8,9)45-47-31(2,3)4)30(24-26)34(10,11)46-48-32(5,6)7/h13-17,20-24,44H,12,18-19,47-48H2,1-11H3. The zero-order chi connectivity index (χ0) is 37.0. The molecule has 0 amide bonds. The maximum Gasteiger partial charge on any atom is 0.430 e. The summed E-state index contributed by atoms with van der Waals surface area (Å²) in [6.07, 6.45) is -8.54. The van der Waals surface area contributed by atoms with Crippen LogP contribution in [-0.4, -0.2) is 42.6 Å². The van der Waals surface area contributed by atoms with Crippen LogP contribution >= 0.6 is 0 Å². The topological polar surface area (TPSA) is 38.7 Å². The van der Waals surface area contributed by atoms with Crippen molar-refractivity contribution in [2.24, 2.45) is 0 Å². The first kappa shape index (κ1) is 42.0. The van der Waals surface area contributed by atoms with Crippen molar-refractivity contribution < 1.29 is 40.3 Å². The summed E-state index contributed by atoms with van der Waals surface area (Å²) < 4.78 is 91.8. The fraction of sp³-hybridized carbons (Fsp3) is 0.568. The number of aliphatic hydroxyl groups is 1. The molecule has 0 saturated heterocycles. The fourth-order valence-electron chi connectivity index (χ4n) is 5.01. The van der Waals surface area contributed by atoms with Gasteiger partial charge in [-0.05, 0) is 96.5 Å². The van der Waals surface area contributed by atoms with Gasteiger partial charge in [0.15, 0.2) is 19.5 Å². The van der Waals surface area contributed by atoms with Gasteiger partial charge in [-0.25, -0.2) is 0 Å². The van der Waals surface area contributed by atoms with Crippen LogP contribution < -0.4 is 0 Å².